The number of anilines is 1. The minimum atomic E-state index is -4.81. The smallest absolute Gasteiger partial charge is 0.405 e. The number of hydrogen-bond donors (Lipinski definition) is 2. The third-order valence-corrected chi connectivity index (χ3v) is 3.96. The summed E-state index contributed by atoms with van der Waals surface area (Å²) in [4.78, 5) is 0. The number of sulfonamides is 1. The minimum Gasteiger partial charge on any atom is -0.405 e. The van der Waals surface area contributed by atoms with E-state index in [0.29, 0.717) is 0 Å². The number of nitrogens with one attached hydrogen (secondary N) is 2. The van der Waals surface area contributed by atoms with Crippen LogP contribution in [0, 0.1) is 0 Å². The van der Waals surface area contributed by atoms with Crippen LogP contribution >= 0.6 is 15.9 Å². The third-order valence-electron chi connectivity index (χ3n) is 2.05. The summed E-state index contributed by atoms with van der Waals surface area (Å²) in [6.45, 7) is 0.256. The highest BCUT2D eigenvalue weighted by atomic mass is 79.9. The van der Waals surface area contributed by atoms with Crippen LogP contribution in [0.2, 0.25) is 0 Å². The van der Waals surface area contributed by atoms with E-state index in [1.165, 1.54) is 12.1 Å². The van der Waals surface area contributed by atoms with E-state index in [1.807, 2.05) is 0 Å². The number of rotatable bonds is 6. The lowest BCUT2D eigenvalue weighted by Crippen LogP contribution is -2.24. The van der Waals surface area contributed by atoms with Gasteiger partial charge in [0.2, 0.25) is 10.0 Å². The second-order valence-electron chi connectivity index (χ2n) is 3.72. The molecule has 0 bridgehead atoms. The first-order valence-corrected chi connectivity index (χ1v) is 7.78. The van der Waals surface area contributed by atoms with E-state index in [4.69, 9.17) is 0 Å². The molecule has 1 aromatic carbocycles. The van der Waals surface area contributed by atoms with Crippen LogP contribution in [0.3, 0.4) is 0 Å². The fourth-order valence-electron chi connectivity index (χ4n) is 1.24. The summed E-state index contributed by atoms with van der Waals surface area (Å²) in [6.07, 6.45) is -4.81. The number of alkyl halides is 3. The maximum absolute atomic E-state index is 12.1. The van der Waals surface area contributed by atoms with E-state index in [2.05, 4.69) is 30.7 Å². The van der Waals surface area contributed by atoms with Gasteiger partial charge in [0, 0.05) is 12.2 Å². The van der Waals surface area contributed by atoms with Crippen molar-refractivity contribution in [1.82, 2.24) is 5.32 Å². The van der Waals surface area contributed by atoms with Crippen LogP contribution in [0.25, 0.3) is 0 Å². The van der Waals surface area contributed by atoms with Gasteiger partial charge in [0.1, 0.15) is 5.75 Å². The number of halogens is 4. The van der Waals surface area contributed by atoms with Crippen molar-refractivity contribution in [3.8, 4) is 5.75 Å². The lowest BCUT2D eigenvalue weighted by atomic mass is 10.3. The van der Waals surface area contributed by atoms with Gasteiger partial charge >= 0.3 is 6.36 Å². The zero-order valence-corrected chi connectivity index (χ0v) is 12.7. The molecule has 0 aliphatic heterocycles. The Kier molecular flexibility index (Phi) is 5.66. The van der Waals surface area contributed by atoms with Crippen molar-refractivity contribution >= 4 is 31.6 Å². The maximum atomic E-state index is 12.1. The predicted octanol–water partition coefficient (Wildman–Crippen LogP) is 2.31. The van der Waals surface area contributed by atoms with Gasteiger partial charge in [-0.1, -0.05) is 0 Å². The molecule has 0 unspecified atom stereocenters. The van der Waals surface area contributed by atoms with Crippen molar-refractivity contribution in [3.05, 3.63) is 22.7 Å². The predicted molar refractivity (Wildman–Crippen MR) is 72.2 cm³/mol. The normalized spacial score (nSPS) is 12.2. The third kappa shape index (κ3) is 5.97. The minimum absolute atomic E-state index is 0.0105. The maximum Gasteiger partial charge on any atom is 0.573 e. The molecular weight excluding hydrogens is 365 g/mol. The van der Waals surface area contributed by atoms with Crippen LogP contribution in [-0.4, -0.2) is 34.1 Å². The van der Waals surface area contributed by atoms with Gasteiger partial charge in [-0.05, 0) is 41.2 Å². The van der Waals surface area contributed by atoms with Gasteiger partial charge in [0.05, 0.1) is 10.2 Å². The Labute approximate surface area is 122 Å². The summed E-state index contributed by atoms with van der Waals surface area (Å²) in [5.41, 5.74) is 0.141. The number of ether oxygens (including phenoxy) is 1. The van der Waals surface area contributed by atoms with E-state index in [-0.39, 0.29) is 22.5 Å². The monoisotopic (exact) mass is 376 g/mol. The molecule has 0 atom stereocenters. The van der Waals surface area contributed by atoms with E-state index in [0.717, 1.165) is 6.07 Å². The van der Waals surface area contributed by atoms with Crippen molar-refractivity contribution in [2.75, 3.05) is 24.1 Å². The van der Waals surface area contributed by atoms with Gasteiger partial charge in [-0.2, -0.15) is 0 Å². The average molecular weight is 377 g/mol. The highest BCUT2D eigenvalue weighted by molar-refractivity contribution is 9.10. The van der Waals surface area contributed by atoms with Crippen molar-refractivity contribution < 1.29 is 26.3 Å². The fourth-order valence-corrected chi connectivity index (χ4v) is 2.76. The molecule has 0 amide bonds. The lowest BCUT2D eigenvalue weighted by molar-refractivity contribution is -0.274. The molecule has 5 nitrogen and oxygen atoms in total. The van der Waals surface area contributed by atoms with E-state index in [1.54, 1.807) is 7.05 Å². The van der Waals surface area contributed by atoms with Gasteiger partial charge in [0.15, 0.2) is 0 Å². The Morgan fingerprint density at radius 1 is 1.35 bits per heavy atom. The SMILES string of the molecule is CNCCS(=O)(=O)Nc1ccc(OC(F)(F)F)c(Br)c1. The first kappa shape index (κ1) is 17.1. The van der Waals surface area contributed by atoms with Crippen LogP contribution < -0.4 is 14.8 Å². The summed E-state index contributed by atoms with van der Waals surface area (Å²) in [5.74, 6) is -0.599. The molecule has 0 radical (unpaired) electrons. The van der Waals surface area contributed by atoms with E-state index in [9.17, 15) is 21.6 Å². The van der Waals surface area contributed by atoms with Crippen LogP contribution in [0.1, 0.15) is 0 Å². The molecule has 0 aliphatic rings. The summed E-state index contributed by atoms with van der Waals surface area (Å²) in [6, 6.07) is 3.40. The molecule has 1 rings (SSSR count). The van der Waals surface area contributed by atoms with E-state index < -0.39 is 22.1 Å². The molecule has 0 heterocycles. The molecule has 2 N–H and O–H groups in total. The number of benzene rings is 1. The molecule has 114 valence electrons. The molecule has 10 heteroatoms. The fraction of sp³-hybridized carbons (Fsp3) is 0.400. The molecule has 0 spiro atoms. The highest BCUT2D eigenvalue weighted by Gasteiger charge is 2.32. The lowest BCUT2D eigenvalue weighted by Gasteiger charge is -2.12. The standard InChI is InChI=1S/C10H12BrF3N2O3S/c1-15-4-5-20(17,18)16-7-2-3-9(8(11)6-7)19-10(12,13)14/h2-3,6,15-16H,4-5H2,1H3. The molecular formula is C10H12BrF3N2O3S. The van der Waals surface area contributed by atoms with Crippen LogP contribution in [0.4, 0.5) is 18.9 Å². The van der Waals surface area contributed by atoms with Gasteiger partial charge in [-0.25, -0.2) is 8.42 Å². The summed E-state index contributed by atoms with van der Waals surface area (Å²) < 4.78 is 65.4. The average Bonchev–Trinajstić information content (AvgIpc) is 2.28. The van der Waals surface area contributed by atoms with Crippen molar-refractivity contribution in [1.29, 1.82) is 0 Å². The quantitative estimate of drug-likeness (QED) is 0.799. The van der Waals surface area contributed by atoms with Crippen molar-refractivity contribution in [2.24, 2.45) is 0 Å². The Bertz CT molecular complexity index is 563. The topological polar surface area (TPSA) is 67.4 Å². The van der Waals surface area contributed by atoms with Gasteiger partial charge in [-0.3, -0.25) is 4.72 Å². The summed E-state index contributed by atoms with van der Waals surface area (Å²) in [7, 11) is -1.95. The van der Waals surface area contributed by atoms with Crippen molar-refractivity contribution in [3.63, 3.8) is 0 Å². The molecule has 0 saturated heterocycles. The van der Waals surface area contributed by atoms with Gasteiger partial charge in [0.25, 0.3) is 0 Å². The summed E-state index contributed by atoms with van der Waals surface area (Å²) >= 11 is 2.89. The second-order valence-corrected chi connectivity index (χ2v) is 6.41. The zero-order valence-electron chi connectivity index (χ0n) is 10.3. The summed E-state index contributed by atoms with van der Waals surface area (Å²) in [5, 5.41) is 2.68. The van der Waals surface area contributed by atoms with Crippen LogP contribution in [0.15, 0.2) is 22.7 Å². The first-order chi connectivity index (χ1) is 9.13. The number of hydrogen-bond acceptors (Lipinski definition) is 4. The Morgan fingerprint density at radius 2 is 2.00 bits per heavy atom. The zero-order chi connectivity index (χ0) is 15.4. The molecule has 1 aromatic rings. The highest BCUT2D eigenvalue weighted by Crippen LogP contribution is 2.32. The van der Waals surface area contributed by atoms with Crippen molar-refractivity contribution in [2.45, 2.75) is 6.36 Å². The largest absolute Gasteiger partial charge is 0.573 e. The molecule has 0 saturated carbocycles. The Balaban J connectivity index is 2.83. The molecule has 0 aromatic heterocycles. The van der Waals surface area contributed by atoms with Gasteiger partial charge in [-0.15, -0.1) is 13.2 Å². The Hall–Kier alpha value is -1.00. The van der Waals surface area contributed by atoms with Crippen LogP contribution in [0.5, 0.6) is 5.75 Å². The molecule has 0 aliphatic carbocycles. The first-order valence-electron chi connectivity index (χ1n) is 5.33. The second kappa shape index (κ2) is 6.64. The van der Waals surface area contributed by atoms with E-state index >= 15 is 0 Å². The molecule has 0 fully saturated rings. The van der Waals surface area contributed by atoms with Crippen LogP contribution in [-0.2, 0) is 10.0 Å². The Morgan fingerprint density at radius 3 is 2.50 bits per heavy atom. The molecule has 20 heavy (non-hydrogen) atoms. The van der Waals surface area contributed by atoms with Gasteiger partial charge < -0.3 is 10.1 Å².